The summed E-state index contributed by atoms with van der Waals surface area (Å²) in [4.78, 5) is 0. The highest BCUT2D eigenvalue weighted by Gasteiger charge is 1.88. The standard InChI is InChI=1S/C7H11N3O/c1-11-6-5-8-7-3-2-4-9-10-7/h2-4H,5-6H2,1H3,(H,8,10). The topological polar surface area (TPSA) is 47.0 Å². The highest BCUT2D eigenvalue weighted by molar-refractivity contribution is 5.30. The first kappa shape index (κ1) is 7.94. The number of hydrogen-bond donors (Lipinski definition) is 1. The second-order valence-corrected chi connectivity index (χ2v) is 2.03. The quantitative estimate of drug-likeness (QED) is 0.641. The number of hydrogen-bond acceptors (Lipinski definition) is 4. The molecule has 4 heteroatoms. The molecule has 1 rings (SSSR count). The highest BCUT2D eigenvalue weighted by atomic mass is 16.5. The van der Waals surface area contributed by atoms with Crippen LogP contribution in [0, 0.1) is 0 Å². The number of nitrogens with one attached hydrogen (secondary N) is 1. The Kier molecular flexibility index (Phi) is 3.34. The maximum atomic E-state index is 4.85. The van der Waals surface area contributed by atoms with Crippen molar-refractivity contribution in [3.05, 3.63) is 18.3 Å². The molecule has 11 heavy (non-hydrogen) atoms. The molecule has 1 aromatic heterocycles. The van der Waals surface area contributed by atoms with Gasteiger partial charge in [-0.1, -0.05) is 0 Å². The first-order valence-electron chi connectivity index (χ1n) is 3.44. The van der Waals surface area contributed by atoms with Gasteiger partial charge in [0.15, 0.2) is 0 Å². The van der Waals surface area contributed by atoms with E-state index in [0.717, 1.165) is 12.4 Å². The third kappa shape index (κ3) is 2.95. The van der Waals surface area contributed by atoms with E-state index in [1.807, 2.05) is 12.1 Å². The second kappa shape index (κ2) is 4.62. The molecule has 1 heterocycles. The van der Waals surface area contributed by atoms with E-state index in [1.165, 1.54) is 0 Å². The van der Waals surface area contributed by atoms with Gasteiger partial charge in [0.1, 0.15) is 5.82 Å². The van der Waals surface area contributed by atoms with Gasteiger partial charge in [-0.15, -0.1) is 5.10 Å². The lowest BCUT2D eigenvalue weighted by Gasteiger charge is -2.01. The van der Waals surface area contributed by atoms with Gasteiger partial charge in [0.25, 0.3) is 0 Å². The van der Waals surface area contributed by atoms with Gasteiger partial charge in [0.2, 0.25) is 0 Å². The van der Waals surface area contributed by atoms with Crippen LogP contribution in [0.3, 0.4) is 0 Å². The van der Waals surface area contributed by atoms with E-state index in [2.05, 4.69) is 15.5 Å². The number of rotatable bonds is 4. The zero-order valence-electron chi connectivity index (χ0n) is 6.45. The molecule has 0 aromatic carbocycles. The Morgan fingerprint density at radius 2 is 2.55 bits per heavy atom. The van der Waals surface area contributed by atoms with Crippen LogP contribution in [-0.2, 0) is 4.74 Å². The van der Waals surface area contributed by atoms with Crippen LogP contribution < -0.4 is 5.32 Å². The number of aromatic nitrogens is 2. The van der Waals surface area contributed by atoms with Gasteiger partial charge >= 0.3 is 0 Å². The van der Waals surface area contributed by atoms with Crippen molar-refractivity contribution >= 4 is 5.82 Å². The molecule has 0 aliphatic carbocycles. The summed E-state index contributed by atoms with van der Waals surface area (Å²) in [6, 6.07) is 3.70. The van der Waals surface area contributed by atoms with Crippen molar-refractivity contribution in [2.75, 3.05) is 25.6 Å². The fourth-order valence-electron chi connectivity index (χ4n) is 0.677. The summed E-state index contributed by atoms with van der Waals surface area (Å²) in [5, 5.41) is 10.6. The van der Waals surface area contributed by atoms with Crippen LogP contribution in [0.2, 0.25) is 0 Å². The summed E-state index contributed by atoms with van der Waals surface area (Å²) < 4.78 is 4.85. The van der Waals surface area contributed by atoms with Crippen molar-refractivity contribution in [1.29, 1.82) is 0 Å². The Morgan fingerprint density at radius 3 is 3.18 bits per heavy atom. The molecule has 0 aliphatic rings. The minimum atomic E-state index is 0.677. The third-order valence-electron chi connectivity index (χ3n) is 1.18. The van der Waals surface area contributed by atoms with Crippen LogP contribution in [0.1, 0.15) is 0 Å². The summed E-state index contributed by atoms with van der Waals surface area (Å²) in [5.74, 6) is 0.782. The van der Waals surface area contributed by atoms with Crippen LogP contribution in [-0.4, -0.2) is 30.5 Å². The fourth-order valence-corrected chi connectivity index (χ4v) is 0.677. The van der Waals surface area contributed by atoms with Crippen LogP contribution in [0.25, 0.3) is 0 Å². The SMILES string of the molecule is COCCNc1cccnn1. The lowest BCUT2D eigenvalue weighted by atomic mass is 10.5. The minimum Gasteiger partial charge on any atom is -0.383 e. The molecule has 0 bridgehead atoms. The Bertz CT molecular complexity index is 190. The van der Waals surface area contributed by atoms with Crippen molar-refractivity contribution in [3.63, 3.8) is 0 Å². The molecule has 0 radical (unpaired) electrons. The normalized spacial score (nSPS) is 9.55. The smallest absolute Gasteiger partial charge is 0.148 e. The van der Waals surface area contributed by atoms with Gasteiger partial charge in [-0.25, -0.2) is 0 Å². The summed E-state index contributed by atoms with van der Waals surface area (Å²) >= 11 is 0. The lowest BCUT2D eigenvalue weighted by Crippen LogP contribution is -2.08. The molecule has 0 saturated heterocycles. The summed E-state index contributed by atoms with van der Waals surface area (Å²) in [6.07, 6.45) is 1.64. The molecule has 0 fully saturated rings. The van der Waals surface area contributed by atoms with Crippen LogP contribution in [0.5, 0.6) is 0 Å². The fraction of sp³-hybridized carbons (Fsp3) is 0.429. The maximum absolute atomic E-state index is 4.85. The Balaban J connectivity index is 2.28. The molecular formula is C7H11N3O. The Morgan fingerprint density at radius 1 is 1.64 bits per heavy atom. The van der Waals surface area contributed by atoms with E-state index in [9.17, 15) is 0 Å². The van der Waals surface area contributed by atoms with E-state index < -0.39 is 0 Å². The molecule has 0 amide bonds. The van der Waals surface area contributed by atoms with Crippen LogP contribution in [0.4, 0.5) is 5.82 Å². The molecular weight excluding hydrogens is 142 g/mol. The van der Waals surface area contributed by atoms with Gasteiger partial charge in [-0.05, 0) is 12.1 Å². The summed E-state index contributed by atoms with van der Waals surface area (Å²) in [6.45, 7) is 1.44. The molecule has 4 nitrogen and oxygen atoms in total. The molecule has 0 spiro atoms. The van der Waals surface area contributed by atoms with Crippen LogP contribution in [0.15, 0.2) is 18.3 Å². The number of anilines is 1. The first-order valence-corrected chi connectivity index (χ1v) is 3.44. The predicted molar refractivity (Wildman–Crippen MR) is 42.4 cm³/mol. The zero-order valence-corrected chi connectivity index (χ0v) is 6.45. The van der Waals surface area contributed by atoms with E-state index in [-0.39, 0.29) is 0 Å². The number of nitrogens with zero attached hydrogens (tertiary/aromatic N) is 2. The van der Waals surface area contributed by atoms with Crippen molar-refractivity contribution in [3.8, 4) is 0 Å². The van der Waals surface area contributed by atoms with Crippen LogP contribution >= 0.6 is 0 Å². The molecule has 1 N–H and O–H groups in total. The molecule has 0 atom stereocenters. The maximum Gasteiger partial charge on any atom is 0.148 e. The average molecular weight is 153 g/mol. The van der Waals surface area contributed by atoms with Gasteiger partial charge in [0.05, 0.1) is 6.61 Å². The van der Waals surface area contributed by atoms with Gasteiger partial charge < -0.3 is 10.1 Å². The highest BCUT2D eigenvalue weighted by Crippen LogP contribution is 1.95. The third-order valence-corrected chi connectivity index (χ3v) is 1.18. The predicted octanol–water partition coefficient (Wildman–Crippen LogP) is 0.535. The minimum absolute atomic E-state index is 0.677. The van der Waals surface area contributed by atoms with Crippen molar-refractivity contribution in [2.24, 2.45) is 0 Å². The molecule has 1 aromatic rings. The lowest BCUT2D eigenvalue weighted by molar-refractivity contribution is 0.210. The summed E-state index contributed by atoms with van der Waals surface area (Å²) in [5.41, 5.74) is 0. The van der Waals surface area contributed by atoms with Crippen molar-refractivity contribution in [2.45, 2.75) is 0 Å². The average Bonchev–Trinajstić information content (AvgIpc) is 2.07. The van der Waals surface area contributed by atoms with E-state index >= 15 is 0 Å². The molecule has 0 saturated carbocycles. The Hall–Kier alpha value is -1.16. The van der Waals surface area contributed by atoms with E-state index in [4.69, 9.17) is 4.74 Å². The second-order valence-electron chi connectivity index (χ2n) is 2.03. The number of ether oxygens (including phenoxy) is 1. The molecule has 60 valence electrons. The van der Waals surface area contributed by atoms with E-state index in [1.54, 1.807) is 13.3 Å². The number of methoxy groups -OCH3 is 1. The Labute approximate surface area is 65.6 Å². The summed E-state index contributed by atoms with van der Waals surface area (Å²) in [7, 11) is 1.67. The monoisotopic (exact) mass is 153 g/mol. The van der Waals surface area contributed by atoms with Gasteiger partial charge in [-0.3, -0.25) is 0 Å². The van der Waals surface area contributed by atoms with Gasteiger partial charge in [-0.2, -0.15) is 5.10 Å². The molecule has 0 unspecified atom stereocenters. The molecule has 0 aliphatic heterocycles. The first-order chi connectivity index (χ1) is 5.43. The largest absolute Gasteiger partial charge is 0.383 e. The van der Waals surface area contributed by atoms with Crippen molar-refractivity contribution in [1.82, 2.24) is 10.2 Å². The zero-order chi connectivity index (χ0) is 7.94. The van der Waals surface area contributed by atoms with E-state index in [0.29, 0.717) is 6.61 Å². The van der Waals surface area contributed by atoms with Gasteiger partial charge in [0, 0.05) is 19.9 Å². The van der Waals surface area contributed by atoms with Crippen molar-refractivity contribution < 1.29 is 4.74 Å².